The van der Waals surface area contributed by atoms with Gasteiger partial charge in [0.25, 0.3) is 11.8 Å². The van der Waals surface area contributed by atoms with Crippen molar-refractivity contribution < 1.29 is 14.3 Å². The van der Waals surface area contributed by atoms with E-state index >= 15 is 0 Å². The Morgan fingerprint density at radius 2 is 1.52 bits per heavy atom. The molecule has 162 valence electrons. The van der Waals surface area contributed by atoms with Gasteiger partial charge in [0, 0.05) is 36.9 Å². The van der Waals surface area contributed by atoms with Crippen molar-refractivity contribution in [3.8, 4) is 0 Å². The summed E-state index contributed by atoms with van der Waals surface area (Å²) in [6, 6.07) is 14.6. The van der Waals surface area contributed by atoms with Crippen LogP contribution in [0.3, 0.4) is 0 Å². The Balaban J connectivity index is 1.73. The largest absolute Gasteiger partial charge is 0.378 e. The summed E-state index contributed by atoms with van der Waals surface area (Å²) < 4.78 is 5.45. The molecule has 0 bridgehead atoms. The summed E-state index contributed by atoms with van der Waals surface area (Å²) in [6.07, 6.45) is 0. The van der Waals surface area contributed by atoms with E-state index in [1.54, 1.807) is 24.3 Å². The molecule has 0 atom stereocenters. The zero-order chi connectivity index (χ0) is 22.0. The van der Waals surface area contributed by atoms with E-state index in [1.807, 2.05) is 29.2 Å². The Morgan fingerprint density at radius 1 is 0.903 bits per heavy atom. The topological polar surface area (TPSA) is 53.1 Å². The molecule has 0 N–H and O–H groups in total. The van der Waals surface area contributed by atoms with Gasteiger partial charge in [0.1, 0.15) is 5.70 Å². The molecule has 2 aromatic carbocycles. The highest BCUT2D eigenvalue weighted by Crippen LogP contribution is 2.36. The third-order valence-electron chi connectivity index (χ3n) is 5.76. The summed E-state index contributed by atoms with van der Waals surface area (Å²) in [5.74, 6) is -0.614. The third-order valence-corrected chi connectivity index (χ3v) is 6.01. The standard InChI is InChI=1S/C24H26ClN3O3/c1-3-26(4-2)19-9-11-20(12-10-19)28-23(29)21(17-5-7-18(25)8-6-17)22(24(28)30)27-13-15-31-16-14-27/h5-12H,3-4,13-16H2,1-2H3. The Morgan fingerprint density at radius 3 is 2.10 bits per heavy atom. The molecule has 1 saturated heterocycles. The first-order chi connectivity index (χ1) is 15.0. The molecule has 2 amide bonds. The van der Waals surface area contributed by atoms with Crippen LogP contribution in [0.15, 0.2) is 54.2 Å². The molecule has 31 heavy (non-hydrogen) atoms. The van der Waals surface area contributed by atoms with Gasteiger partial charge >= 0.3 is 0 Å². The van der Waals surface area contributed by atoms with E-state index < -0.39 is 0 Å². The quantitative estimate of drug-likeness (QED) is 0.641. The fourth-order valence-electron chi connectivity index (χ4n) is 4.11. The normalized spacial score (nSPS) is 17.0. The average Bonchev–Trinajstić information content (AvgIpc) is 3.06. The molecule has 0 saturated carbocycles. The molecule has 0 aromatic heterocycles. The van der Waals surface area contributed by atoms with E-state index in [-0.39, 0.29) is 11.8 Å². The number of morpholine rings is 1. The Hall–Kier alpha value is -2.83. The highest BCUT2D eigenvalue weighted by molar-refractivity contribution is 6.45. The van der Waals surface area contributed by atoms with Crippen molar-refractivity contribution in [2.45, 2.75) is 13.8 Å². The van der Waals surface area contributed by atoms with Gasteiger partial charge in [-0.15, -0.1) is 0 Å². The van der Waals surface area contributed by atoms with Crippen molar-refractivity contribution in [3.05, 3.63) is 64.8 Å². The van der Waals surface area contributed by atoms with E-state index in [0.29, 0.717) is 53.8 Å². The number of benzene rings is 2. The van der Waals surface area contributed by atoms with Gasteiger partial charge in [-0.05, 0) is 55.8 Å². The van der Waals surface area contributed by atoms with Crippen molar-refractivity contribution in [2.75, 3.05) is 49.2 Å². The first kappa shape index (κ1) is 21.4. The van der Waals surface area contributed by atoms with Crippen molar-refractivity contribution in [3.63, 3.8) is 0 Å². The maximum atomic E-state index is 13.5. The number of halogens is 1. The molecule has 2 aromatic rings. The highest BCUT2D eigenvalue weighted by Gasteiger charge is 2.42. The average molecular weight is 440 g/mol. The molecular weight excluding hydrogens is 414 g/mol. The van der Waals surface area contributed by atoms with Crippen LogP contribution < -0.4 is 9.80 Å². The molecule has 2 heterocycles. The van der Waals surface area contributed by atoms with Gasteiger partial charge in [-0.3, -0.25) is 9.59 Å². The molecule has 0 unspecified atom stereocenters. The highest BCUT2D eigenvalue weighted by atomic mass is 35.5. The SMILES string of the molecule is CCN(CC)c1ccc(N2C(=O)C(c3ccc(Cl)cc3)=C(N3CCOCC3)C2=O)cc1. The Bertz CT molecular complexity index is 992. The number of carbonyl (C=O) groups is 2. The lowest BCUT2D eigenvalue weighted by molar-refractivity contribution is -0.121. The number of imide groups is 1. The zero-order valence-corrected chi connectivity index (χ0v) is 18.6. The van der Waals surface area contributed by atoms with Gasteiger partial charge in [0.15, 0.2) is 0 Å². The number of carbonyl (C=O) groups excluding carboxylic acids is 2. The first-order valence-electron chi connectivity index (χ1n) is 10.6. The second-order valence-corrected chi connectivity index (χ2v) is 7.90. The molecule has 7 heteroatoms. The van der Waals surface area contributed by atoms with Crippen LogP contribution in [0.1, 0.15) is 19.4 Å². The third kappa shape index (κ3) is 4.05. The summed E-state index contributed by atoms with van der Waals surface area (Å²) in [6.45, 7) is 8.17. The van der Waals surface area contributed by atoms with Crippen LogP contribution in [0.5, 0.6) is 0 Å². The van der Waals surface area contributed by atoms with Crippen LogP contribution in [-0.4, -0.2) is 56.1 Å². The van der Waals surface area contributed by atoms with E-state index in [4.69, 9.17) is 16.3 Å². The number of rotatable bonds is 6. The number of nitrogens with zero attached hydrogens (tertiary/aromatic N) is 3. The minimum Gasteiger partial charge on any atom is -0.378 e. The van der Waals surface area contributed by atoms with Crippen LogP contribution >= 0.6 is 11.6 Å². The second kappa shape index (κ2) is 9.12. The molecule has 2 aliphatic heterocycles. The first-order valence-corrected chi connectivity index (χ1v) is 11.0. The minimum absolute atomic E-state index is 0.299. The molecule has 0 aliphatic carbocycles. The van der Waals surface area contributed by atoms with E-state index in [1.165, 1.54) is 4.90 Å². The van der Waals surface area contributed by atoms with Gasteiger partial charge in [-0.1, -0.05) is 23.7 Å². The molecule has 0 radical (unpaired) electrons. The van der Waals surface area contributed by atoms with Gasteiger partial charge in [-0.2, -0.15) is 0 Å². The van der Waals surface area contributed by atoms with Gasteiger partial charge in [0.05, 0.1) is 24.5 Å². The lowest BCUT2D eigenvalue weighted by Gasteiger charge is -2.29. The van der Waals surface area contributed by atoms with Crippen molar-refractivity contribution in [1.29, 1.82) is 0 Å². The summed E-state index contributed by atoms with van der Waals surface area (Å²) in [5.41, 5.74) is 3.17. The summed E-state index contributed by atoms with van der Waals surface area (Å²) in [5, 5.41) is 0.581. The van der Waals surface area contributed by atoms with Crippen LogP contribution in [0.4, 0.5) is 11.4 Å². The number of amides is 2. The predicted molar refractivity (Wildman–Crippen MR) is 123 cm³/mol. The maximum Gasteiger partial charge on any atom is 0.282 e. The van der Waals surface area contributed by atoms with Crippen molar-refractivity contribution in [1.82, 2.24) is 4.90 Å². The predicted octanol–water partition coefficient (Wildman–Crippen LogP) is 3.80. The zero-order valence-electron chi connectivity index (χ0n) is 17.8. The molecule has 0 spiro atoms. The number of anilines is 2. The van der Waals surface area contributed by atoms with Gasteiger partial charge in [0.2, 0.25) is 0 Å². The van der Waals surface area contributed by atoms with Crippen molar-refractivity contribution >= 4 is 40.4 Å². The summed E-state index contributed by atoms with van der Waals surface area (Å²) in [7, 11) is 0. The fraction of sp³-hybridized carbons (Fsp3) is 0.333. The maximum absolute atomic E-state index is 13.5. The van der Waals surface area contributed by atoms with Crippen LogP contribution in [0.25, 0.3) is 5.57 Å². The molecule has 2 aliphatic rings. The van der Waals surface area contributed by atoms with E-state index in [9.17, 15) is 9.59 Å². The Labute approximate surface area is 187 Å². The molecular formula is C24H26ClN3O3. The number of hydrogen-bond donors (Lipinski definition) is 0. The van der Waals surface area contributed by atoms with Crippen LogP contribution in [-0.2, 0) is 14.3 Å². The lowest BCUT2D eigenvalue weighted by Crippen LogP contribution is -2.40. The van der Waals surface area contributed by atoms with E-state index in [0.717, 1.165) is 18.8 Å². The van der Waals surface area contributed by atoms with Crippen LogP contribution in [0, 0.1) is 0 Å². The van der Waals surface area contributed by atoms with Gasteiger partial charge in [-0.25, -0.2) is 4.90 Å². The monoisotopic (exact) mass is 439 g/mol. The number of hydrogen-bond acceptors (Lipinski definition) is 5. The molecule has 4 rings (SSSR count). The number of ether oxygens (including phenoxy) is 1. The second-order valence-electron chi connectivity index (χ2n) is 7.46. The molecule has 6 nitrogen and oxygen atoms in total. The summed E-state index contributed by atoms with van der Waals surface area (Å²) in [4.78, 5) is 32.5. The summed E-state index contributed by atoms with van der Waals surface area (Å²) >= 11 is 6.05. The van der Waals surface area contributed by atoms with E-state index in [2.05, 4.69) is 18.7 Å². The molecule has 1 fully saturated rings. The van der Waals surface area contributed by atoms with Crippen LogP contribution in [0.2, 0.25) is 5.02 Å². The fourth-order valence-corrected chi connectivity index (χ4v) is 4.24. The lowest BCUT2D eigenvalue weighted by atomic mass is 10.0. The van der Waals surface area contributed by atoms with Crippen molar-refractivity contribution in [2.24, 2.45) is 0 Å². The smallest absolute Gasteiger partial charge is 0.282 e. The Kier molecular flexibility index (Phi) is 6.30. The van der Waals surface area contributed by atoms with Gasteiger partial charge < -0.3 is 14.5 Å². The minimum atomic E-state index is -0.315.